The van der Waals surface area contributed by atoms with Crippen LogP contribution in [-0.2, 0) is 21.5 Å². The van der Waals surface area contributed by atoms with Crippen LogP contribution >= 0.6 is 39.1 Å². The lowest BCUT2D eigenvalue weighted by molar-refractivity contribution is -0.123. The molecule has 0 aliphatic carbocycles. The van der Waals surface area contributed by atoms with Gasteiger partial charge in [0.25, 0.3) is 0 Å². The van der Waals surface area contributed by atoms with Gasteiger partial charge in [-0.3, -0.25) is 4.79 Å². The minimum atomic E-state index is -0.407. The van der Waals surface area contributed by atoms with Crippen molar-refractivity contribution in [2.75, 3.05) is 13.2 Å². The maximum absolute atomic E-state index is 12.7. The standard InChI is InChI=1S/C19H18BrCl2NO2/c20-15-3-1-2-14(12-15)19(6-8-25-9-7-19)23-18(24)11-13-4-5-16(21)17(22)10-13/h1-5,10,12H,6-9,11H2,(H,23,24). The second kappa shape index (κ2) is 8.09. The van der Waals surface area contributed by atoms with Gasteiger partial charge < -0.3 is 10.1 Å². The van der Waals surface area contributed by atoms with Gasteiger partial charge in [-0.1, -0.05) is 57.3 Å². The first kappa shape index (κ1) is 18.7. The minimum absolute atomic E-state index is 0.0414. The van der Waals surface area contributed by atoms with Crippen molar-refractivity contribution in [1.82, 2.24) is 5.32 Å². The zero-order valence-corrected chi connectivity index (χ0v) is 16.6. The third-order valence-electron chi connectivity index (χ3n) is 4.45. The first-order valence-corrected chi connectivity index (χ1v) is 9.62. The van der Waals surface area contributed by atoms with E-state index in [2.05, 4.69) is 33.4 Å². The normalized spacial score (nSPS) is 16.4. The summed E-state index contributed by atoms with van der Waals surface area (Å²) in [6.45, 7) is 1.25. The maximum atomic E-state index is 12.7. The van der Waals surface area contributed by atoms with E-state index in [0.717, 1.165) is 28.4 Å². The summed E-state index contributed by atoms with van der Waals surface area (Å²) in [6.07, 6.45) is 1.75. The minimum Gasteiger partial charge on any atom is -0.381 e. The van der Waals surface area contributed by atoms with E-state index < -0.39 is 5.54 Å². The molecule has 0 aromatic heterocycles. The van der Waals surface area contributed by atoms with Crippen molar-refractivity contribution in [1.29, 1.82) is 0 Å². The van der Waals surface area contributed by atoms with Crippen molar-refractivity contribution in [3.63, 3.8) is 0 Å². The van der Waals surface area contributed by atoms with E-state index in [4.69, 9.17) is 27.9 Å². The molecular formula is C19H18BrCl2NO2. The van der Waals surface area contributed by atoms with Crippen molar-refractivity contribution >= 4 is 45.0 Å². The molecule has 0 saturated carbocycles. The monoisotopic (exact) mass is 441 g/mol. The van der Waals surface area contributed by atoms with Crippen LogP contribution in [0.5, 0.6) is 0 Å². The van der Waals surface area contributed by atoms with Crippen molar-refractivity contribution in [3.05, 3.63) is 68.1 Å². The SMILES string of the molecule is O=C(Cc1ccc(Cl)c(Cl)c1)NC1(c2cccc(Br)c2)CCOCC1. The summed E-state index contributed by atoms with van der Waals surface area (Å²) in [6, 6.07) is 13.4. The number of carbonyl (C=O) groups is 1. The van der Waals surface area contributed by atoms with E-state index in [9.17, 15) is 4.79 Å². The molecule has 2 aromatic carbocycles. The lowest BCUT2D eigenvalue weighted by Gasteiger charge is -2.38. The van der Waals surface area contributed by atoms with Crippen LogP contribution in [0.4, 0.5) is 0 Å². The molecule has 0 spiro atoms. The number of benzene rings is 2. The molecule has 1 amide bonds. The summed E-state index contributed by atoms with van der Waals surface area (Å²) in [5, 5.41) is 4.19. The molecular weight excluding hydrogens is 425 g/mol. The van der Waals surface area contributed by atoms with Gasteiger partial charge in [-0.2, -0.15) is 0 Å². The summed E-state index contributed by atoms with van der Waals surface area (Å²) in [5.41, 5.74) is 1.52. The van der Waals surface area contributed by atoms with Gasteiger partial charge in [0.05, 0.1) is 22.0 Å². The van der Waals surface area contributed by atoms with E-state index in [1.807, 2.05) is 18.2 Å². The Bertz CT molecular complexity index is 776. The molecule has 0 unspecified atom stereocenters. The number of nitrogens with one attached hydrogen (secondary N) is 1. The molecule has 6 heteroatoms. The van der Waals surface area contributed by atoms with Crippen LogP contribution in [0.25, 0.3) is 0 Å². The Morgan fingerprint density at radius 3 is 2.56 bits per heavy atom. The molecule has 1 fully saturated rings. The highest BCUT2D eigenvalue weighted by atomic mass is 79.9. The number of hydrogen-bond acceptors (Lipinski definition) is 2. The van der Waals surface area contributed by atoms with E-state index in [-0.39, 0.29) is 12.3 Å². The van der Waals surface area contributed by atoms with Gasteiger partial charge in [0.1, 0.15) is 0 Å². The van der Waals surface area contributed by atoms with Crippen molar-refractivity contribution in [3.8, 4) is 0 Å². The molecule has 1 N–H and O–H groups in total. The largest absolute Gasteiger partial charge is 0.381 e. The highest BCUT2D eigenvalue weighted by Crippen LogP contribution is 2.33. The first-order valence-electron chi connectivity index (χ1n) is 8.07. The number of rotatable bonds is 4. The predicted molar refractivity (Wildman–Crippen MR) is 104 cm³/mol. The lowest BCUT2D eigenvalue weighted by Crippen LogP contribution is -2.50. The topological polar surface area (TPSA) is 38.3 Å². The van der Waals surface area contributed by atoms with Crippen LogP contribution in [0.15, 0.2) is 46.9 Å². The number of halogens is 3. The molecule has 1 aliphatic rings. The van der Waals surface area contributed by atoms with Gasteiger partial charge in [0.15, 0.2) is 0 Å². The van der Waals surface area contributed by atoms with Gasteiger partial charge >= 0.3 is 0 Å². The lowest BCUT2D eigenvalue weighted by atomic mass is 9.82. The fourth-order valence-electron chi connectivity index (χ4n) is 3.14. The molecule has 25 heavy (non-hydrogen) atoms. The fourth-order valence-corrected chi connectivity index (χ4v) is 3.86. The Morgan fingerprint density at radius 2 is 1.88 bits per heavy atom. The summed E-state index contributed by atoms with van der Waals surface area (Å²) in [4.78, 5) is 12.7. The zero-order chi connectivity index (χ0) is 17.9. The number of carbonyl (C=O) groups excluding carboxylic acids is 1. The van der Waals surface area contributed by atoms with Gasteiger partial charge in [-0.25, -0.2) is 0 Å². The molecule has 3 rings (SSSR count). The van der Waals surface area contributed by atoms with E-state index in [0.29, 0.717) is 23.3 Å². The Hall–Kier alpha value is -1.07. The van der Waals surface area contributed by atoms with Crippen molar-refractivity contribution in [2.24, 2.45) is 0 Å². The second-order valence-electron chi connectivity index (χ2n) is 6.18. The Morgan fingerprint density at radius 1 is 1.12 bits per heavy atom. The van der Waals surface area contributed by atoms with E-state index >= 15 is 0 Å². The van der Waals surface area contributed by atoms with Gasteiger partial charge in [0.2, 0.25) is 5.91 Å². The van der Waals surface area contributed by atoms with Crippen LogP contribution in [-0.4, -0.2) is 19.1 Å². The van der Waals surface area contributed by atoms with E-state index in [1.165, 1.54) is 0 Å². The molecule has 0 bridgehead atoms. The highest BCUT2D eigenvalue weighted by molar-refractivity contribution is 9.10. The quantitative estimate of drug-likeness (QED) is 0.713. The molecule has 0 atom stereocenters. The maximum Gasteiger partial charge on any atom is 0.225 e. The Kier molecular flexibility index (Phi) is 6.05. The third-order valence-corrected chi connectivity index (χ3v) is 5.68. The number of hydrogen-bond donors (Lipinski definition) is 1. The summed E-state index contributed by atoms with van der Waals surface area (Å²) in [5.74, 6) is -0.0414. The molecule has 132 valence electrons. The molecule has 1 aliphatic heterocycles. The van der Waals surface area contributed by atoms with Crippen LogP contribution < -0.4 is 5.32 Å². The second-order valence-corrected chi connectivity index (χ2v) is 7.91. The summed E-state index contributed by atoms with van der Waals surface area (Å²) >= 11 is 15.5. The smallest absolute Gasteiger partial charge is 0.225 e. The van der Waals surface area contributed by atoms with Crippen molar-refractivity contribution in [2.45, 2.75) is 24.8 Å². The third kappa shape index (κ3) is 4.56. The zero-order valence-electron chi connectivity index (χ0n) is 13.5. The predicted octanol–water partition coefficient (Wildman–Crippen LogP) is 5.12. The molecule has 2 aromatic rings. The van der Waals surface area contributed by atoms with Gasteiger partial charge in [-0.15, -0.1) is 0 Å². The molecule has 1 heterocycles. The Balaban J connectivity index is 1.80. The molecule has 1 saturated heterocycles. The first-order chi connectivity index (χ1) is 12.0. The number of amides is 1. The average molecular weight is 443 g/mol. The number of ether oxygens (including phenoxy) is 1. The van der Waals surface area contributed by atoms with Gasteiger partial charge in [0, 0.05) is 17.7 Å². The van der Waals surface area contributed by atoms with Crippen LogP contribution in [0.2, 0.25) is 10.0 Å². The summed E-state index contributed by atoms with van der Waals surface area (Å²) in [7, 11) is 0. The molecule has 3 nitrogen and oxygen atoms in total. The van der Waals surface area contributed by atoms with Gasteiger partial charge in [-0.05, 0) is 48.2 Å². The fraction of sp³-hybridized carbons (Fsp3) is 0.316. The van der Waals surface area contributed by atoms with Crippen LogP contribution in [0.3, 0.4) is 0 Å². The average Bonchev–Trinajstić information content (AvgIpc) is 2.59. The van der Waals surface area contributed by atoms with Crippen LogP contribution in [0, 0.1) is 0 Å². The summed E-state index contributed by atoms with van der Waals surface area (Å²) < 4.78 is 6.51. The highest BCUT2D eigenvalue weighted by Gasteiger charge is 2.36. The molecule has 0 radical (unpaired) electrons. The van der Waals surface area contributed by atoms with Crippen molar-refractivity contribution < 1.29 is 9.53 Å². The Labute approximate surface area is 165 Å². The van der Waals surface area contributed by atoms with E-state index in [1.54, 1.807) is 12.1 Å². The van der Waals surface area contributed by atoms with Crippen LogP contribution in [0.1, 0.15) is 24.0 Å².